The lowest BCUT2D eigenvalue weighted by molar-refractivity contribution is -0.00545. The molecule has 0 saturated carbocycles. The Hall–Kier alpha value is -2.80. The van der Waals surface area contributed by atoms with Crippen LogP contribution in [0.15, 0.2) is 53.7 Å². The second kappa shape index (κ2) is 10.7. The molecule has 3 heterocycles. The van der Waals surface area contributed by atoms with Crippen LogP contribution in [0, 0.1) is 0 Å². The van der Waals surface area contributed by atoms with Gasteiger partial charge in [-0.1, -0.05) is 24.3 Å². The number of pyridine rings is 1. The molecule has 2 aliphatic heterocycles. The average molecular weight is 437 g/mol. The predicted octanol–water partition coefficient (Wildman–Crippen LogP) is 2.98. The van der Waals surface area contributed by atoms with E-state index in [2.05, 4.69) is 83.3 Å². The molecule has 2 fully saturated rings. The molecule has 7 heteroatoms. The highest BCUT2D eigenvalue weighted by atomic mass is 16.5. The smallest absolute Gasteiger partial charge is 0.194 e. The third kappa shape index (κ3) is 5.71. The van der Waals surface area contributed by atoms with Gasteiger partial charge in [-0.25, -0.2) is 9.98 Å². The van der Waals surface area contributed by atoms with E-state index in [1.807, 2.05) is 6.20 Å². The molecule has 0 bridgehead atoms. The van der Waals surface area contributed by atoms with Crippen molar-refractivity contribution in [3.05, 3.63) is 54.2 Å². The summed E-state index contributed by atoms with van der Waals surface area (Å²) in [6.45, 7) is 13.5. The average Bonchev–Trinajstić information content (AvgIpc) is 2.82. The van der Waals surface area contributed by atoms with Crippen LogP contribution in [-0.2, 0) is 11.3 Å². The van der Waals surface area contributed by atoms with Gasteiger partial charge in [0.15, 0.2) is 5.96 Å². The van der Waals surface area contributed by atoms with Gasteiger partial charge in [0.2, 0.25) is 0 Å². The monoisotopic (exact) mass is 436 g/mol. The molecule has 1 N–H and O–H groups in total. The van der Waals surface area contributed by atoms with Crippen molar-refractivity contribution < 1.29 is 4.74 Å². The first kappa shape index (κ1) is 22.4. The standard InChI is InChI=1S/C25H36N6O/c1-4-26-25(30-14-12-29(13-15-30)23-8-6-5-7-9-23)28-17-22-10-11-24(27-16-22)31-18-20(2)32-21(3)19-31/h5-11,16,20-21H,4,12-15,17-19H2,1-3H3,(H,26,28). The Morgan fingerprint density at radius 1 is 1.00 bits per heavy atom. The molecule has 2 saturated heterocycles. The Morgan fingerprint density at radius 3 is 2.34 bits per heavy atom. The van der Waals surface area contributed by atoms with Crippen molar-refractivity contribution in [3.8, 4) is 0 Å². The fraction of sp³-hybridized carbons (Fsp3) is 0.520. The van der Waals surface area contributed by atoms with E-state index in [0.717, 1.165) is 63.2 Å². The summed E-state index contributed by atoms with van der Waals surface area (Å²) in [4.78, 5) is 16.7. The Bertz CT molecular complexity index is 854. The molecule has 2 atom stereocenters. The SMILES string of the molecule is CCNC(=NCc1ccc(N2CC(C)OC(C)C2)nc1)N1CCN(c2ccccc2)CC1. The summed E-state index contributed by atoms with van der Waals surface area (Å²) in [5, 5.41) is 3.46. The molecular formula is C25H36N6O. The van der Waals surface area contributed by atoms with Crippen molar-refractivity contribution >= 4 is 17.5 Å². The summed E-state index contributed by atoms with van der Waals surface area (Å²) in [5.41, 5.74) is 2.42. The van der Waals surface area contributed by atoms with Crippen LogP contribution in [0.4, 0.5) is 11.5 Å². The molecule has 4 rings (SSSR count). The zero-order valence-electron chi connectivity index (χ0n) is 19.6. The molecule has 1 aromatic heterocycles. The molecule has 1 aromatic carbocycles. The van der Waals surface area contributed by atoms with E-state index < -0.39 is 0 Å². The van der Waals surface area contributed by atoms with Gasteiger partial charge in [0.1, 0.15) is 5.82 Å². The van der Waals surface area contributed by atoms with Crippen LogP contribution < -0.4 is 15.1 Å². The van der Waals surface area contributed by atoms with Gasteiger partial charge in [0.25, 0.3) is 0 Å². The highest BCUT2D eigenvalue weighted by Crippen LogP contribution is 2.19. The number of morpholine rings is 1. The van der Waals surface area contributed by atoms with Crippen molar-refractivity contribution in [2.75, 3.05) is 55.6 Å². The van der Waals surface area contributed by atoms with Gasteiger partial charge in [0, 0.05) is 57.7 Å². The van der Waals surface area contributed by atoms with E-state index in [0.29, 0.717) is 6.54 Å². The van der Waals surface area contributed by atoms with Crippen molar-refractivity contribution in [2.24, 2.45) is 4.99 Å². The zero-order chi connectivity index (χ0) is 22.3. The molecule has 0 aliphatic carbocycles. The van der Waals surface area contributed by atoms with Crippen molar-refractivity contribution in [2.45, 2.75) is 39.5 Å². The molecule has 0 amide bonds. The largest absolute Gasteiger partial charge is 0.372 e. The number of nitrogens with one attached hydrogen (secondary N) is 1. The topological polar surface area (TPSA) is 56.2 Å². The molecule has 2 unspecified atom stereocenters. The molecule has 7 nitrogen and oxygen atoms in total. The maximum absolute atomic E-state index is 5.84. The van der Waals surface area contributed by atoms with Crippen LogP contribution in [0.25, 0.3) is 0 Å². The Morgan fingerprint density at radius 2 is 1.72 bits per heavy atom. The van der Waals surface area contributed by atoms with Crippen LogP contribution in [-0.4, -0.2) is 73.9 Å². The number of guanidine groups is 1. The second-order valence-electron chi connectivity index (χ2n) is 8.67. The third-order valence-electron chi connectivity index (χ3n) is 6.00. The van der Waals surface area contributed by atoms with Crippen molar-refractivity contribution in [3.63, 3.8) is 0 Å². The van der Waals surface area contributed by atoms with Gasteiger partial charge in [-0.2, -0.15) is 0 Å². The highest BCUT2D eigenvalue weighted by Gasteiger charge is 2.23. The number of anilines is 2. The van der Waals surface area contributed by atoms with Crippen LogP contribution in [0.2, 0.25) is 0 Å². The Balaban J connectivity index is 1.35. The molecule has 0 radical (unpaired) electrons. The minimum absolute atomic E-state index is 0.231. The van der Waals surface area contributed by atoms with E-state index in [1.165, 1.54) is 5.69 Å². The summed E-state index contributed by atoms with van der Waals surface area (Å²) in [7, 11) is 0. The molecule has 0 spiro atoms. The molecular weight excluding hydrogens is 400 g/mol. The lowest BCUT2D eigenvalue weighted by Crippen LogP contribution is -2.52. The van der Waals surface area contributed by atoms with Crippen LogP contribution in [0.1, 0.15) is 26.3 Å². The summed E-state index contributed by atoms with van der Waals surface area (Å²) in [5.74, 6) is 2.00. The fourth-order valence-corrected chi connectivity index (χ4v) is 4.47. The number of ether oxygens (including phenoxy) is 1. The number of hydrogen-bond donors (Lipinski definition) is 1. The molecule has 2 aliphatic rings. The number of piperazine rings is 1. The van der Waals surface area contributed by atoms with Crippen LogP contribution >= 0.6 is 0 Å². The molecule has 172 valence electrons. The first-order valence-electron chi connectivity index (χ1n) is 11.8. The third-order valence-corrected chi connectivity index (χ3v) is 6.00. The second-order valence-corrected chi connectivity index (χ2v) is 8.67. The van der Waals surface area contributed by atoms with Crippen LogP contribution in [0.5, 0.6) is 0 Å². The highest BCUT2D eigenvalue weighted by molar-refractivity contribution is 5.80. The Labute approximate surface area is 192 Å². The predicted molar refractivity (Wildman–Crippen MR) is 132 cm³/mol. The van der Waals surface area contributed by atoms with Crippen molar-refractivity contribution in [1.29, 1.82) is 0 Å². The lowest BCUT2D eigenvalue weighted by atomic mass is 10.2. The minimum Gasteiger partial charge on any atom is -0.372 e. The maximum Gasteiger partial charge on any atom is 0.194 e. The number of para-hydroxylation sites is 1. The first-order chi connectivity index (χ1) is 15.6. The summed E-state index contributed by atoms with van der Waals surface area (Å²) in [6, 6.07) is 14.9. The van der Waals surface area contributed by atoms with E-state index >= 15 is 0 Å². The fourth-order valence-electron chi connectivity index (χ4n) is 4.47. The summed E-state index contributed by atoms with van der Waals surface area (Å²) in [6.07, 6.45) is 2.42. The van der Waals surface area contributed by atoms with E-state index in [4.69, 9.17) is 14.7 Å². The van der Waals surface area contributed by atoms with Gasteiger partial charge in [0.05, 0.1) is 18.8 Å². The van der Waals surface area contributed by atoms with E-state index in [1.54, 1.807) is 0 Å². The van der Waals surface area contributed by atoms with Gasteiger partial charge < -0.3 is 24.8 Å². The van der Waals surface area contributed by atoms with Crippen molar-refractivity contribution in [1.82, 2.24) is 15.2 Å². The van der Waals surface area contributed by atoms with Gasteiger partial charge in [-0.05, 0) is 44.5 Å². The zero-order valence-corrected chi connectivity index (χ0v) is 19.6. The number of aromatic nitrogens is 1. The summed E-state index contributed by atoms with van der Waals surface area (Å²) >= 11 is 0. The number of benzene rings is 1. The van der Waals surface area contributed by atoms with Gasteiger partial charge in [-0.3, -0.25) is 0 Å². The maximum atomic E-state index is 5.84. The van der Waals surface area contributed by atoms with Gasteiger partial charge in [-0.15, -0.1) is 0 Å². The number of hydrogen-bond acceptors (Lipinski definition) is 5. The Kier molecular flexibility index (Phi) is 7.47. The normalized spacial score (nSPS) is 22.2. The number of aliphatic imine (C=N–C) groups is 1. The molecule has 2 aromatic rings. The van der Waals surface area contributed by atoms with Crippen LogP contribution in [0.3, 0.4) is 0 Å². The number of rotatable bonds is 5. The molecule has 32 heavy (non-hydrogen) atoms. The first-order valence-corrected chi connectivity index (χ1v) is 11.8. The van der Waals surface area contributed by atoms with E-state index in [-0.39, 0.29) is 12.2 Å². The minimum atomic E-state index is 0.231. The quantitative estimate of drug-likeness (QED) is 0.575. The van der Waals surface area contributed by atoms with Gasteiger partial charge >= 0.3 is 0 Å². The lowest BCUT2D eigenvalue weighted by Gasteiger charge is -2.37. The summed E-state index contributed by atoms with van der Waals surface area (Å²) < 4.78 is 5.84. The van der Waals surface area contributed by atoms with E-state index in [9.17, 15) is 0 Å². The number of nitrogens with zero attached hydrogens (tertiary/aromatic N) is 5.